The van der Waals surface area contributed by atoms with Crippen molar-refractivity contribution in [3.05, 3.63) is 99.3 Å². The molecule has 0 radical (unpaired) electrons. The van der Waals surface area contributed by atoms with E-state index in [1.165, 1.54) is 4.90 Å². The Balaban J connectivity index is 1.79. The molecule has 1 fully saturated rings. The van der Waals surface area contributed by atoms with Crippen LogP contribution in [0.4, 0.5) is 0 Å². The first-order valence-electron chi connectivity index (χ1n) is 11.4. The second kappa shape index (κ2) is 10.4. The third kappa shape index (κ3) is 5.30. The third-order valence-electron chi connectivity index (χ3n) is 5.84. The quantitative estimate of drug-likeness (QED) is 0.235. The number of likely N-dealkylation sites (tertiary alicyclic amines) is 1. The molecule has 0 saturated carbocycles. The average molecular weight is 535 g/mol. The van der Waals surface area contributed by atoms with Crippen LogP contribution in [0.1, 0.15) is 42.1 Å². The summed E-state index contributed by atoms with van der Waals surface area (Å²) in [4.78, 5) is 32.1. The van der Waals surface area contributed by atoms with Crippen LogP contribution in [0, 0.1) is 12.8 Å². The average Bonchev–Trinajstić information content (AvgIpc) is 3.08. The minimum absolute atomic E-state index is 0.0696. The number of hydrogen-bond acceptors (Lipinski definition) is 5. The first kappa shape index (κ1) is 24.7. The van der Waals surface area contributed by atoms with Crippen LogP contribution < -0.4 is 4.74 Å². The molecule has 1 aliphatic rings. The number of rotatable bonds is 7. The van der Waals surface area contributed by atoms with Gasteiger partial charge in [-0.15, -0.1) is 0 Å². The maximum Gasteiger partial charge on any atom is 0.295 e. The van der Waals surface area contributed by atoms with E-state index in [0.717, 1.165) is 21.2 Å². The highest BCUT2D eigenvalue weighted by atomic mass is 79.9. The van der Waals surface area contributed by atoms with Crippen LogP contribution in [-0.4, -0.2) is 33.3 Å². The van der Waals surface area contributed by atoms with Gasteiger partial charge in [-0.05, 0) is 65.9 Å². The predicted molar refractivity (Wildman–Crippen MR) is 138 cm³/mol. The highest BCUT2D eigenvalue weighted by Crippen LogP contribution is 2.41. The highest BCUT2D eigenvalue weighted by Gasteiger charge is 2.46. The summed E-state index contributed by atoms with van der Waals surface area (Å²) in [5.74, 6) is -0.492. The summed E-state index contributed by atoms with van der Waals surface area (Å²) in [6.45, 7) is 6.75. The van der Waals surface area contributed by atoms with Crippen LogP contribution in [-0.2, 0) is 16.1 Å². The second-order valence-corrected chi connectivity index (χ2v) is 9.94. The molecule has 1 N–H and O–H groups in total. The van der Waals surface area contributed by atoms with Crippen LogP contribution in [0.2, 0.25) is 0 Å². The van der Waals surface area contributed by atoms with E-state index in [-0.39, 0.29) is 17.9 Å². The molecule has 7 heteroatoms. The number of ether oxygens (including phenoxy) is 1. The lowest BCUT2D eigenvalue weighted by atomic mass is 9.94. The summed E-state index contributed by atoms with van der Waals surface area (Å²) in [7, 11) is 0. The van der Waals surface area contributed by atoms with Crippen molar-refractivity contribution in [2.45, 2.75) is 33.4 Å². The smallest absolute Gasteiger partial charge is 0.295 e. The summed E-state index contributed by atoms with van der Waals surface area (Å²) in [6, 6.07) is 15.6. The number of aliphatic hydroxyl groups excluding tert-OH is 1. The van der Waals surface area contributed by atoms with Crippen LogP contribution in [0.25, 0.3) is 5.76 Å². The predicted octanol–water partition coefficient (Wildman–Crippen LogP) is 5.81. The van der Waals surface area contributed by atoms with Crippen molar-refractivity contribution in [3.63, 3.8) is 0 Å². The van der Waals surface area contributed by atoms with Gasteiger partial charge < -0.3 is 14.7 Å². The van der Waals surface area contributed by atoms with Crippen LogP contribution in [0.5, 0.6) is 5.75 Å². The first-order valence-corrected chi connectivity index (χ1v) is 12.2. The lowest BCUT2D eigenvalue weighted by Gasteiger charge is -2.25. The number of halogens is 1. The van der Waals surface area contributed by atoms with E-state index in [2.05, 4.69) is 34.8 Å². The van der Waals surface area contributed by atoms with Gasteiger partial charge in [-0.2, -0.15) is 0 Å². The number of pyridine rings is 1. The number of aromatic nitrogens is 1. The zero-order valence-corrected chi connectivity index (χ0v) is 21.5. The topological polar surface area (TPSA) is 79.7 Å². The van der Waals surface area contributed by atoms with Crippen molar-refractivity contribution >= 4 is 33.4 Å². The van der Waals surface area contributed by atoms with Gasteiger partial charge in [-0.25, -0.2) is 0 Å². The number of aryl methyl sites for hydroxylation is 1. The summed E-state index contributed by atoms with van der Waals surface area (Å²) in [5, 5.41) is 11.4. The van der Waals surface area contributed by atoms with Crippen molar-refractivity contribution in [2.24, 2.45) is 5.92 Å². The van der Waals surface area contributed by atoms with Gasteiger partial charge in [0, 0.05) is 29.0 Å². The molecule has 1 atom stereocenters. The zero-order valence-electron chi connectivity index (χ0n) is 19.9. The van der Waals surface area contributed by atoms with E-state index in [1.807, 2.05) is 43.3 Å². The molecule has 0 bridgehead atoms. The Bertz CT molecular complexity index is 1270. The standard InChI is InChI=1S/C28H27BrN2O4/c1-17(2)16-35-22-10-11-23(18(3)13-22)26(32)24-25(20-6-8-21(29)9-7-20)31(28(34)27(24)33)15-19-5-4-12-30-14-19/h4-14,17,25,32H,15-16H2,1-3H3. The van der Waals surface area contributed by atoms with E-state index in [9.17, 15) is 14.7 Å². The van der Waals surface area contributed by atoms with Gasteiger partial charge in [0.2, 0.25) is 0 Å². The number of amides is 1. The van der Waals surface area contributed by atoms with Gasteiger partial charge in [0.1, 0.15) is 11.5 Å². The van der Waals surface area contributed by atoms with Crippen LogP contribution >= 0.6 is 15.9 Å². The molecule has 2 aromatic carbocycles. The number of hydrogen-bond donors (Lipinski definition) is 1. The Morgan fingerprint density at radius 1 is 1.14 bits per heavy atom. The summed E-state index contributed by atoms with van der Waals surface area (Å²) >= 11 is 3.44. The fraction of sp³-hybridized carbons (Fsp3) is 0.250. The number of aliphatic hydroxyl groups is 1. The lowest BCUT2D eigenvalue weighted by molar-refractivity contribution is -0.140. The number of ketones is 1. The zero-order chi connectivity index (χ0) is 25.1. The maximum absolute atomic E-state index is 13.3. The van der Waals surface area contributed by atoms with Gasteiger partial charge in [0.05, 0.1) is 18.2 Å². The number of nitrogens with zero attached hydrogens (tertiary/aromatic N) is 2. The van der Waals surface area contributed by atoms with Gasteiger partial charge in [0.25, 0.3) is 11.7 Å². The molecule has 2 heterocycles. The normalized spacial score (nSPS) is 17.3. The molecular formula is C28H27BrN2O4. The Labute approximate surface area is 213 Å². The molecule has 4 rings (SSSR count). The minimum Gasteiger partial charge on any atom is -0.507 e. The largest absolute Gasteiger partial charge is 0.507 e. The molecule has 35 heavy (non-hydrogen) atoms. The molecular weight excluding hydrogens is 508 g/mol. The summed E-state index contributed by atoms with van der Waals surface area (Å²) in [6.07, 6.45) is 3.32. The molecule has 6 nitrogen and oxygen atoms in total. The van der Waals surface area contributed by atoms with E-state index >= 15 is 0 Å². The molecule has 1 aliphatic heterocycles. The summed E-state index contributed by atoms with van der Waals surface area (Å²) in [5.41, 5.74) is 2.83. The maximum atomic E-state index is 13.3. The number of carbonyl (C=O) groups excluding carboxylic acids is 2. The van der Waals surface area contributed by atoms with E-state index in [1.54, 1.807) is 30.6 Å². The molecule has 3 aromatic rings. The van der Waals surface area contributed by atoms with Gasteiger partial charge in [-0.3, -0.25) is 14.6 Å². The highest BCUT2D eigenvalue weighted by molar-refractivity contribution is 9.10. The number of Topliss-reactive ketones (excluding diaryl/α,β-unsaturated/α-hetero) is 1. The lowest BCUT2D eigenvalue weighted by Crippen LogP contribution is -2.29. The van der Waals surface area contributed by atoms with Crippen LogP contribution in [0.3, 0.4) is 0 Å². The van der Waals surface area contributed by atoms with Crippen molar-refractivity contribution in [2.75, 3.05) is 6.61 Å². The molecule has 180 valence electrons. The van der Waals surface area contributed by atoms with E-state index < -0.39 is 17.7 Å². The van der Waals surface area contributed by atoms with Crippen LogP contribution in [0.15, 0.2) is 77.0 Å². The monoisotopic (exact) mass is 534 g/mol. The molecule has 1 saturated heterocycles. The van der Waals surface area contributed by atoms with Crippen molar-refractivity contribution in [1.82, 2.24) is 9.88 Å². The molecule has 1 aromatic heterocycles. The van der Waals surface area contributed by atoms with Gasteiger partial charge in [-0.1, -0.05) is 48.0 Å². The van der Waals surface area contributed by atoms with Crippen molar-refractivity contribution in [3.8, 4) is 5.75 Å². The van der Waals surface area contributed by atoms with Gasteiger partial charge >= 0.3 is 0 Å². The van der Waals surface area contributed by atoms with E-state index in [0.29, 0.717) is 23.8 Å². The SMILES string of the molecule is Cc1cc(OCC(C)C)ccc1C(O)=C1C(=O)C(=O)N(Cc2cccnc2)C1c1ccc(Br)cc1. The Morgan fingerprint density at radius 2 is 1.89 bits per heavy atom. The number of benzene rings is 2. The first-order chi connectivity index (χ1) is 16.8. The minimum atomic E-state index is -0.737. The number of carbonyl (C=O) groups is 2. The molecule has 0 spiro atoms. The Kier molecular flexibility index (Phi) is 7.36. The Hall–Kier alpha value is -3.45. The second-order valence-electron chi connectivity index (χ2n) is 9.02. The fourth-order valence-electron chi connectivity index (χ4n) is 4.12. The molecule has 0 aliphatic carbocycles. The molecule has 1 unspecified atom stereocenters. The molecule has 1 amide bonds. The van der Waals surface area contributed by atoms with E-state index in [4.69, 9.17) is 4.74 Å². The third-order valence-corrected chi connectivity index (χ3v) is 6.37. The summed E-state index contributed by atoms with van der Waals surface area (Å²) < 4.78 is 6.67. The van der Waals surface area contributed by atoms with Gasteiger partial charge in [0.15, 0.2) is 0 Å². The Morgan fingerprint density at radius 3 is 2.51 bits per heavy atom. The van der Waals surface area contributed by atoms with Crippen molar-refractivity contribution < 1.29 is 19.4 Å². The fourth-order valence-corrected chi connectivity index (χ4v) is 4.39. The van der Waals surface area contributed by atoms with Crippen molar-refractivity contribution in [1.29, 1.82) is 0 Å².